The van der Waals surface area contributed by atoms with Crippen LogP contribution in [0.5, 0.6) is 0 Å². The van der Waals surface area contributed by atoms with Gasteiger partial charge in [-0.05, 0) is 42.9 Å². The molecule has 17 heavy (non-hydrogen) atoms. The Labute approximate surface area is 110 Å². The molecule has 1 saturated heterocycles. The Bertz CT molecular complexity index is 395. The molecule has 2 rings (SSSR count). The molecule has 1 unspecified atom stereocenters. The number of nitrogen functional groups attached to an aromatic ring is 1. The van der Waals surface area contributed by atoms with Crippen LogP contribution in [0.2, 0.25) is 0 Å². The number of halogens is 1. The third-order valence-corrected chi connectivity index (χ3v) is 3.78. The number of nitrogens with two attached hydrogens (primary N) is 1. The van der Waals surface area contributed by atoms with Crippen LogP contribution in [0.3, 0.4) is 0 Å². The van der Waals surface area contributed by atoms with Crippen LogP contribution < -0.4 is 10.6 Å². The lowest BCUT2D eigenvalue weighted by Crippen LogP contribution is -2.38. The second kappa shape index (κ2) is 5.18. The van der Waals surface area contributed by atoms with Gasteiger partial charge in [0.05, 0.1) is 0 Å². The van der Waals surface area contributed by atoms with Crippen molar-refractivity contribution in [3.05, 3.63) is 10.8 Å². The van der Waals surface area contributed by atoms with Crippen LogP contribution in [0.1, 0.15) is 12.8 Å². The van der Waals surface area contributed by atoms with Crippen molar-refractivity contribution in [2.45, 2.75) is 18.9 Å². The second-order valence-electron chi connectivity index (χ2n) is 4.65. The topological polar surface area (TPSA) is 58.3 Å². The molecule has 0 aliphatic carbocycles. The molecule has 1 aliphatic rings. The third kappa shape index (κ3) is 2.69. The van der Waals surface area contributed by atoms with Crippen LogP contribution >= 0.6 is 15.9 Å². The molecule has 5 nitrogen and oxygen atoms in total. The number of hydrogen-bond acceptors (Lipinski definition) is 5. The van der Waals surface area contributed by atoms with Crippen molar-refractivity contribution in [2.75, 3.05) is 37.8 Å². The van der Waals surface area contributed by atoms with E-state index in [9.17, 15) is 0 Å². The van der Waals surface area contributed by atoms with E-state index in [0.29, 0.717) is 11.9 Å². The van der Waals surface area contributed by atoms with Gasteiger partial charge in [0.2, 0.25) is 0 Å². The van der Waals surface area contributed by atoms with Crippen molar-refractivity contribution >= 4 is 27.6 Å². The highest BCUT2D eigenvalue weighted by Gasteiger charge is 2.28. The molecular weight excluding hydrogens is 282 g/mol. The van der Waals surface area contributed by atoms with E-state index >= 15 is 0 Å². The summed E-state index contributed by atoms with van der Waals surface area (Å²) in [5.74, 6) is 1.42. The highest BCUT2D eigenvalue weighted by Crippen LogP contribution is 2.32. The number of hydrogen-bond donors (Lipinski definition) is 1. The zero-order chi connectivity index (χ0) is 12.4. The van der Waals surface area contributed by atoms with E-state index in [2.05, 4.69) is 49.8 Å². The Morgan fingerprint density at radius 3 is 3.00 bits per heavy atom. The SMILES string of the molecule is CN(C)CC1CCCN1c1ncnc(N)c1Br. The van der Waals surface area contributed by atoms with Crippen LogP contribution in [0.4, 0.5) is 11.6 Å². The molecule has 94 valence electrons. The summed E-state index contributed by atoms with van der Waals surface area (Å²) in [7, 11) is 4.19. The Balaban J connectivity index is 2.23. The minimum absolute atomic E-state index is 0.505. The number of anilines is 2. The predicted octanol–water partition coefficient (Wildman–Crippen LogP) is 1.35. The summed E-state index contributed by atoms with van der Waals surface area (Å²) < 4.78 is 0.811. The van der Waals surface area contributed by atoms with E-state index in [1.54, 1.807) is 0 Å². The first kappa shape index (κ1) is 12.6. The van der Waals surface area contributed by atoms with E-state index in [4.69, 9.17) is 5.73 Å². The van der Waals surface area contributed by atoms with Crippen LogP contribution in [-0.2, 0) is 0 Å². The monoisotopic (exact) mass is 299 g/mol. The van der Waals surface area contributed by atoms with Crippen molar-refractivity contribution in [1.82, 2.24) is 14.9 Å². The molecule has 1 aromatic rings. The highest BCUT2D eigenvalue weighted by atomic mass is 79.9. The largest absolute Gasteiger partial charge is 0.383 e. The van der Waals surface area contributed by atoms with Crippen molar-refractivity contribution in [1.29, 1.82) is 0 Å². The number of aromatic nitrogens is 2. The molecule has 2 N–H and O–H groups in total. The highest BCUT2D eigenvalue weighted by molar-refractivity contribution is 9.10. The first-order chi connectivity index (χ1) is 8.09. The molecule has 1 aliphatic heterocycles. The molecule has 1 fully saturated rings. The van der Waals surface area contributed by atoms with Crippen LogP contribution in [0, 0.1) is 0 Å². The van der Waals surface area contributed by atoms with E-state index in [1.165, 1.54) is 19.2 Å². The minimum atomic E-state index is 0.505. The van der Waals surface area contributed by atoms with Gasteiger partial charge in [-0.25, -0.2) is 9.97 Å². The quantitative estimate of drug-likeness (QED) is 0.913. The van der Waals surface area contributed by atoms with Gasteiger partial charge in [0.1, 0.15) is 22.4 Å². The van der Waals surface area contributed by atoms with Crippen molar-refractivity contribution in [3.63, 3.8) is 0 Å². The summed E-state index contributed by atoms with van der Waals surface area (Å²) >= 11 is 3.48. The van der Waals surface area contributed by atoms with Crippen LogP contribution in [-0.4, -0.2) is 48.1 Å². The molecule has 0 saturated carbocycles. The van der Waals surface area contributed by atoms with Gasteiger partial charge in [-0.3, -0.25) is 0 Å². The minimum Gasteiger partial charge on any atom is -0.383 e. The first-order valence-corrected chi connectivity index (χ1v) is 6.56. The van der Waals surface area contributed by atoms with Crippen LogP contribution in [0.25, 0.3) is 0 Å². The van der Waals surface area contributed by atoms with Gasteiger partial charge in [0, 0.05) is 19.1 Å². The average Bonchev–Trinajstić information content (AvgIpc) is 2.69. The molecule has 0 bridgehead atoms. The summed E-state index contributed by atoms with van der Waals surface area (Å²) in [6.07, 6.45) is 3.93. The molecule has 6 heteroatoms. The van der Waals surface area contributed by atoms with E-state index in [1.807, 2.05) is 0 Å². The fraction of sp³-hybridized carbons (Fsp3) is 0.636. The smallest absolute Gasteiger partial charge is 0.148 e. The Kier molecular flexibility index (Phi) is 3.83. The Morgan fingerprint density at radius 1 is 1.53 bits per heavy atom. The summed E-state index contributed by atoms with van der Waals surface area (Å²) in [4.78, 5) is 12.9. The molecular formula is C11H18BrN5. The number of rotatable bonds is 3. The molecule has 0 spiro atoms. The van der Waals surface area contributed by atoms with Gasteiger partial charge in [-0.1, -0.05) is 0 Å². The summed E-state index contributed by atoms with van der Waals surface area (Å²) in [6, 6.07) is 0.510. The molecule has 1 aromatic heterocycles. The Hall–Kier alpha value is -0.880. The molecule has 1 atom stereocenters. The van der Waals surface area contributed by atoms with Gasteiger partial charge >= 0.3 is 0 Å². The number of nitrogens with zero attached hydrogens (tertiary/aromatic N) is 4. The van der Waals surface area contributed by atoms with Gasteiger partial charge in [-0.2, -0.15) is 0 Å². The van der Waals surface area contributed by atoms with E-state index < -0.39 is 0 Å². The Morgan fingerprint density at radius 2 is 2.29 bits per heavy atom. The lowest BCUT2D eigenvalue weighted by atomic mass is 10.2. The zero-order valence-electron chi connectivity index (χ0n) is 10.2. The molecule has 2 heterocycles. The third-order valence-electron chi connectivity index (χ3n) is 3.02. The van der Waals surface area contributed by atoms with E-state index in [-0.39, 0.29) is 0 Å². The van der Waals surface area contributed by atoms with Crippen molar-refractivity contribution < 1.29 is 0 Å². The predicted molar refractivity (Wildman–Crippen MR) is 73.1 cm³/mol. The molecule has 0 amide bonds. The second-order valence-corrected chi connectivity index (χ2v) is 5.44. The fourth-order valence-corrected chi connectivity index (χ4v) is 2.73. The van der Waals surface area contributed by atoms with Crippen molar-refractivity contribution in [2.24, 2.45) is 0 Å². The maximum absolute atomic E-state index is 5.80. The average molecular weight is 300 g/mol. The molecule has 0 aromatic carbocycles. The normalized spacial score (nSPS) is 20.2. The lowest BCUT2D eigenvalue weighted by molar-refractivity contribution is 0.371. The summed E-state index contributed by atoms with van der Waals surface area (Å²) in [5.41, 5.74) is 5.80. The van der Waals surface area contributed by atoms with Crippen molar-refractivity contribution in [3.8, 4) is 0 Å². The summed E-state index contributed by atoms with van der Waals surface area (Å²) in [5, 5.41) is 0. The lowest BCUT2D eigenvalue weighted by Gasteiger charge is -2.28. The molecule has 0 radical (unpaired) electrons. The van der Waals surface area contributed by atoms with Gasteiger partial charge in [-0.15, -0.1) is 0 Å². The maximum atomic E-state index is 5.80. The maximum Gasteiger partial charge on any atom is 0.148 e. The number of likely N-dealkylation sites (N-methyl/N-ethyl adjacent to an activating group) is 1. The first-order valence-electron chi connectivity index (χ1n) is 5.77. The zero-order valence-corrected chi connectivity index (χ0v) is 11.8. The fourth-order valence-electron chi connectivity index (χ4n) is 2.30. The van der Waals surface area contributed by atoms with E-state index in [0.717, 1.165) is 23.4 Å². The van der Waals surface area contributed by atoms with Gasteiger partial charge in [0.25, 0.3) is 0 Å². The van der Waals surface area contributed by atoms with Gasteiger partial charge < -0.3 is 15.5 Å². The standard InChI is InChI=1S/C11H18BrN5/c1-16(2)6-8-4-3-5-17(8)11-9(12)10(13)14-7-15-11/h7-8H,3-6H2,1-2H3,(H2,13,14,15). The van der Waals surface area contributed by atoms with Gasteiger partial charge in [0.15, 0.2) is 0 Å². The summed E-state index contributed by atoms with van der Waals surface area (Å²) in [6.45, 7) is 2.07. The van der Waals surface area contributed by atoms with Crippen LogP contribution in [0.15, 0.2) is 10.8 Å².